The maximum absolute atomic E-state index is 14.5. The number of anilines is 1. The normalized spacial score (nSPS) is 16.9. The summed E-state index contributed by atoms with van der Waals surface area (Å²) in [7, 11) is 3.19. The number of hydrogen-bond donors (Lipinski definition) is 0. The van der Waals surface area contributed by atoms with Crippen LogP contribution in [0.15, 0.2) is 84.0 Å². The summed E-state index contributed by atoms with van der Waals surface area (Å²) in [6.07, 6.45) is 8.17. The summed E-state index contributed by atoms with van der Waals surface area (Å²) in [5.41, 5.74) is 4.07. The zero-order valence-electron chi connectivity index (χ0n) is 30.4. The molecule has 0 aliphatic heterocycles. The van der Waals surface area contributed by atoms with Crippen molar-refractivity contribution in [3.05, 3.63) is 123 Å². The molecule has 4 aromatic heterocycles. The summed E-state index contributed by atoms with van der Waals surface area (Å²) in [6, 6.07) is 19.2. The van der Waals surface area contributed by atoms with Gasteiger partial charge in [0.15, 0.2) is 0 Å². The van der Waals surface area contributed by atoms with Crippen molar-refractivity contribution in [2.75, 3.05) is 19.1 Å². The number of imidazole rings is 1. The first-order chi connectivity index (χ1) is 25.5. The van der Waals surface area contributed by atoms with Gasteiger partial charge in [-0.05, 0) is 93.3 Å². The van der Waals surface area contributed by atoms with Crippen LogP contribution in [0.2, 0.25) is 5.02 Å². The summed E-state index contributed by atoms with van der Waals surface area (Å²) in [6.45, 7) is 5.80. The monoisotopic (exact) mass is 732 g/mol. The van der Waals surface area contributed by atoms with Gasteiger partial charge in [-0.2, -0.15) is 0 Å². The van der Waals surface area contributed by atoms with Crippen molar-refractivity contribution in [1.29, 1.82) is 0 Å². The van der Waals surface area contributed by atoms with E-state index in [0.717, 1.165) is 23.2 Å². The van der Waals surface area contributed by atoms with Crippen LogP contribution in [0, 0.1) is 0 Å². The van der Waals surface area contributed by atoms with Crippen LogP contribution in [0.25, 0.3) is 16.6 Å². The molecule has 1 amide bonds. The molecule has 272 valence electrons. The Morgan fingerprint density at radius 2 is 1.79 bits per heavy atom. The van der Waals surface area contributed by atoms with E-state index in [9.17, 15) is 9.59 Å². The second-order valence-corrected chi connectivity index (χ2v) is 15.3. The molecule has 2 saturated carbocycles. The van der Waals surface area contributed by atoms with E-state index in [0.29, 0.717) is 50.7 Å². The number of methoxy groups -OCH3 is 2. The largest absolute Gasteiger partial charge is 0.497 e. The van der Waals surface area contributed by atoms with Gasteiger partial charge in [-0.1, -0.05) is 29.8 Å². The van der Waals surface area contributed by atoms with Gasteiger partial charge in [-0.3, -0.25) is 14.3 Å². The lowest BCUT2D eigenvalue weighted by Gasteiger charge is -2.26. The van der Waals surface area contributed by atoms with Gasteiger partial charge >= 0.3 is 6.09 Å². The van der Waals surface area contributed by atoms with Crippen LogP contribution in [0.1, 0.15) is 86.0 Å². The molecule has 0 N–H and O–H groups in total. The molecule has 0 bridgehead atoms. The number of halogens is 1. The number of carbonyl (C=O) groups excluding carboxylic acids is 1. The van der Waals surface area contributed by atoms with Crippen LogP contribution in [-0.2, 0) is 17.8 Å². The first-order valence-electron chi connectivity index (χ1n) is 17.8. The van der Waals surface area contributed by atoms with Crippen molar-refractivity contribution in [2.24, 2.45) is 0 Å². The van der Waals surface area contributed by atoms with E-state index in [1.165, 1.54) is 29.5 Å². The van der Waals surface area contributed by atoms with Gasteiger partial charge in [0, 0.05) is 47.2 Å². The summed E-state index contributed by atoms with van der Waals surface area (Å²) < 4.78 is 20.7. The molecular weight excluding hydrogens is 692 g/mol. The molecule has 2 atom stereocenters. The van der Waals surface area contributed by atoms with Crippen LogP contribution >= 0.6 is 11.6 Å². The third-order valence-electron chi connectivity index (χ3n) is 9.86. The standard InChI is InChI=1S/C41H41ClN6O5/c1-41(2,3)53-40(50)47(23-29-22-46-20-26(24-9-10-24)12-14-36(46)44-29)37-18-34-33(19-43-37)39(49)48(21-27-11-13-30(51-4)16-35(27)52-5)38(45-34)32-17-31(32)25-7-6-8-28(42)15-25/h6-8,11-16,18-20,22,24,31-32H,9-10,17,21,23H2,1-5H3/t31-,32+/m1/s1. The molecule has 8 rings (SSSR count). The van der Waals surface area contributed by atoms with Crippen molar-refractivity contribution in [2.45, 2.75) is 76.5 Å². The van der Waals surface area contributed by atoms with E-state index in [4.69, 9.17) is 35.8 Å². The molecule has 2 aliphatic rings. The van der Waals surface area contributed by atoms with Crippen LogP contribution in [0.4, 0.5) is 10.6 Å². The van der Waals surface area contributed by atoms with Gasteiger partial charge in [-0.15, -0.1) is 0 Å². The molecule has 0 unspecified atom stereocenters. The SMILES string of the molecule is COc1ccc(Cn2c([C@H]3C[C@@H]3c3cccc(Cl)c3)nc3cc(N(Cc4cn5cc(C6CC6)ccc5n4)C(=O)OC(C)(C)C)ncc3c2=O)c(OC)c1. The minimum Gasteiger partial charge on any atom is -0.497 e. The minimum absolute atomic E-state index is 0.0353. The van der Waals surface area contributed by atoms with E-state index in [1.807, 2.05) is 67.8 Å². The molecule has 6 aromatic rings. The van der Waals surface area contributed by atoms with Gasteiger partial charge in [0.25, 0.3) is 5.56 Å². The summed E-state index contributed by atoms with van der Waals surface area (Å²) in [4.78, 5) is 44.4. The molecular formula is C41H41ClN6O5. The number of carbonyl (C=O) groups is 1. The quantitative estimate of drug-likeness (QED) is 0.138. The van der Waals surface area contributed by atoms with Crippen molar-refractivity contribution in [1.82, 2.24) is 23.9 Å². The first-order valence-corrected chi connectivity index (χ1v) is 18.2. The Morgan fingerprint density at radius 1 is 0.962 bits per heavy atom. The van der Waals surface area contributed by atoms with Crippen molar-refractivity contribution in [3.63, 3.8) is 0 Å². The summed E-state index contributed by atoms with van der Waals surface area (Å²) in [5.74, 6) is 2.89. The van der Waals surface area contributed by atoms with Gasteiger partial charge < -0.3 is 18.6 Å². The second kappa shape index (κ2) is 13.5. The molecule has 2 fully saturated rings. The second-order valence-electron chi connectivity index (χ2n) is 14.9. The lowest BCUT2D eigenvalue weighted by molar-refractivity contribution is 0.0576. The maximum Gasteiger partial charge on any atom is 0.416 e. The number of pyridine rings is 2. The summed E-state index contributed by atoms with van der Waals surface area (Å²) in [5, 5.41) is 0.987. The maximum atomic E-state index is 14.5. The highest BCUT2D eigenvalue weighted by molar-refractivity contribution is 6.30. The highest BCUT2D eigenvalue weighted by Crippen LogP contribution is 2.54. The highest BCUT2D eigenvalue weighted by atomic mass is 35.5. The van der Waals surface area contributed by atoms with Gasteiger partial charge in [0.1, 0.15) is 34.4 Å². The van der Waals surface area contributed by atoms with E-state index in [-0.39, 0.29) is 30.5 Å². The third kappa shape index (κ3) is 7.18. The fourth-order valence-corrected chi connectivity index (χ4v) is 7.16. The molecule has 53 heavy (non-hydrogen) atoms. The highest BCUT2D eigenvalue weighted by Gasteiger charge is 2.43. The minimum atomic E-state index is -0.757. The number of amides is 1. The van der Waals surface area contributed by atoms with Gasteiger partial charge in [0.05, 0.1) is 43.9 Å². The number of ether oxygens (including phenoxy) is 3. The lowest BCUT2D eigenvalue weighted by Crippen LogP contribution is -2.37. The lowest BCUT2D eigenvalue weighted by atomic mass is 10.1. The van der Waals surface area contributed by atoms with Crippen LogP contribution in [0.5, 0.6) is 11.5 Å². The topological polar surface area (TPSA) is 113 Å². The Hall–Kier alpha value is -5.42. The number of benzene rings is 2. The predicted octanol–water partition coefficient (Wildman–Crippen LogP) is 8.25. The Bertz CT molecular complexity index is 2430. The summed E-state index contributed by atoms with van der Waals surface area (Å²) >= 11 is 6.38. The van der Waals surface area contributed by atoms with Gasteiger partial charge in [0.2, 0.25) is 0 Å². The smallest absolute Gasteiger partial charge is 0.416 e. The number of aromatic nitrogens is 5. The van der Waals surface area contributed by atoms with Gasteiger partial charge in [-0.25, -0.2) is 19.7 Å². The Kier molecular flexibility index (Phi) is 8.84. The Balaban J connectivity index is 1.21. The number of hydrogen-bond acceptors (Lipinski definition) is 8. The van der Waals surface area contributed by atoms with Crippen molar-refractivity contribution in [3.8, 4) is 11.5 Å². The fraction of sp³-hybridized carbons (Fsp3) is 0.341. The first kappa shape index (κ1) is 34.7. The average Bonchev–Trinajstić information content (AvgIpc) is 4.07. The molecule has 2 aliphatic carbocycles. The Morgan fingerprint density at radius 3 is 2.53 bits per heavy atom. The number of fused-ring (bicyclic) bond motifs is 2. The number of nitrogens with zero attached hydrogens (tertiary/aromatic N) is 6. The van der Waals surface area contributed by atoms with E-state index >= 15 is 0 Å². The molecule has 0 spiro atoms. The van der Waals surface area contributed by atoms with E-state index in [2.05, 4.69) is 23.3 Å². The van der Waals surface area contributed by atoms with Crippen LogP contribution < -0.4 is 19.9 Å². The molecule has 0 saturated heterocycles. The van der Waals surface area contributed by atoms with Crippen LogP contribution in [-0.4, -0.2) is 49.8 Å². The van der Waals surface area contributed by atoms with Crippen LogP contribution in [0.3, 0.4) is 0 Å². The average molecular weight is 733 g/mol. The predicted molar refractivity (Wildman–Crippen MR) is 204 cm³/mol. The molecule has 12 heteroatoms. The third-order valence-corrected chi connectivity index (χ3v) is 10.1. The zero-order valence-corrected chi connectivity index (χ0v) is 31.1. The van der Waals surface area contributed by atoms with Crippen molar-refractivity contribution < 1.29 is 19.0 Å². The molecule has 11 nitrogen and oxygen atoms in total. The zero-order chi connectivity index (χ0) is 37.0. The number of rotatable bonds is 10. The van der Waals surface area contributed by atoms with E-state index < -0.39 is 11.7 Å². The molecule has 0 radical (unpaired) electrons. The van der Waals surface area contributed by atoms with E-state index in [1.54, 1.807) is 30.9 Å². The molecule has 4 heterocycles. The van der Waals surface area contributed by atoms with Crippen molar-refractivity contribution >= 4 is 40.1 Å². The fourth-order valence-electron chi connectivity index (χ4n) is 6.96. The Labute approximate surface area is 312 Å². The molecule has 2 aromatic carbocycles.